The van der Waals surface area contributed by atoms with Gasteiger partial charge in [-0.3, -0.25) is 4.79 Å². The Balaban J connectivity index is 3.68. The molecule has 0 aliphatic rings. The molecular weight excluding hydrogens is 168 g/mol. The number of rotatable bonds is 4. The van der Waals surface area contributed by atoms with E-state index in [4.69, 9.17) is 11.6 Å². The van der Waals surface area contributed by atoms with Gasteiger partial charge < -0.3 is 4.74 Å². The van der Waals surface area contributed by atoms with E-state index in [-0.39, 0.29) is 6.61 Å². The summed E-state index contributed by atoms with van der Waals surface area (Å²) in [6, 6.07) is 0. The quantitative estimate of drug-likeness (QED) is 0.277. The maximum Gasteiger partial charge on any atom is 0.331 e. The maximum atomic E-state index is 10.5. The molecule has 0 atom stereocenters. The molecule has 0 aliphatic heterocycles. The molecule has 60 valence electrons. The van der Waals surface area contributed by atoms with Crippen LogP contribution in [0.5, 0.6) is 0 Å². The minimum Gasteiger partial charge on any atom is -0.458 e. The predicted octanol–water partition coefficient (Wildman–Crippen LogP) is 1.04. The molecule has 0 heterocycles. The molecule has 0 N–H and O–H groups in total. The van der Waals surface area contributed by atoms with Crippen LogP contribution in [-0.4, -0.2) is 17.8 Å². The summed E-state index contributed by atoms with van der Waals surface area (Å²) >= 11 is 4.90. The highest BCUT2D eigenvalue weighted by atomic mass is 35.5. The standard InChI is InChI=1S/C7H7ClO3/c1-2-5-11-7(10)4-3-6(8)9/h2-4H,1,5H2. The Morgan fingerprint density at radius 1 is 1.45 bits per heavy atom. The second kappa shape index (κ2) is 5.68. The van der Waals surface area contributed by atoms with Crippen molar-refractivity contribution in [3.05, 3.63) is 24.8 Å². The van der Waals surface area contributed by atoms with E-state index in [1.165, 1.54) is 6.08 Å². The molecule has 0 saturated carbocycles. The molecule has 0 aliphatic carbocycles. The van der Waals surface area contributed by atoms with Gasteiger partial charge >= 0.3 is 5.97 Å². The van der Waals surface area contributed by atoms with Gasteiger partial charge in [-0.15, -0.1) is 0 Å². The monoisotopic (exact) mass is 174 g/mol. The topological polar surface area (TPSA) is 43.4 Å². The van der Waals surface area contributed by atoms with Gasteiger partial charge in [0.15, 0.2) is 0 Å². The van der Waals surface area contributed by atoms with Crippen molar-refractivity contribution in [1.82, 2.24) is 0 Å². The zero-order valence-corrected chi connectivity index (χ0v) is 6.50. The number of carbonyl (C=O) groups excluding carboxylic acids is 2. The highest BCUT2D eigenvalue weighted by Crippen LogP contribution is 1.85. The van der Waals surface area contributed by atoms with Crippen molar-refractivity contribution < 1.29 is 14.3 Å². The average molecular weight is 175 g/mol. The van der Waals surface area contributed by atoms with Crippen LogP contribution >= 0.6 is 11.6 Å². The SMILES string of the molecule is C=CCOC(=O)C=CC(=O)Cl. The Morgan fingerprint density at radius 3 is 2.55 bits per heavy atom. The summed E-state index contributed by atoms with van der Waals surface area (Å²) in [5.41, 5.74) is 0. The Kier molecular flexibility index (Phi) is 5.11. The van der Waals surface area contributed by atoms with Crippen molar-refractivity contribution in [2.45, 2.75) is 0 Å². The molecule has 0 radical (unpaired) electrons. The van der Waals surface area contributed by atoms with Crippen LogP contribution in [-0.2, 0) is 14.3 Å². The van der Waals surface area contributed by atoms with Crippen LogP contribution in [0.15, 0.2) is 24.8 Å². The molecule has 0 aromatic carbocycles. The highest BCUT2D eigenvalue weighted by Gasteiger charge is 1.94. The van der Waals surface area contributed by atoms with Gasteiger partial charge in [0.25, 0.3) is 0 Å². The Morgan fingerprint density at radius 2 is 2.09 bits per heavy atom. The summed E-state index contributed by atoms with van der Waals surface area (Å²) in [5, 5.41) is -0.708. The molecule has 0 fully saturated rings. The third-order valence-corrected chi connectivity index (χ3v) is 0.820. The fourth-order valence-corrected chi connectivity index (χ4v) is 0.386. The van der Waals surface area contributed by atoms with Crippen LogP contribution in [0.1, 0.15) is 0 Å². The minimum atomic E-state index is -0.708. The molecule has 0 bridgehead atoms. The second-order valence-electron chi connectivity index (χ2n) is 1.56. The molecule has 0 saturated heterocycles. The third kappa shape index (κ3) is 6.80. The van der Waals surface area contributed by atoms with E-state index < -0.39 is 11.2 Å². The van der Waals surface area contributed by atoms with Crippen LogP contribution < -0.4 is 0 Å². The van der Waals surface area contributed by atoms with E-state index >= 15 is 0 Å². The molecule has 11 heavy (non-hydrogen) atoms. The van der Waals surface area contributed by atoms with Crippen molar-refractivity contribution in [2.24, 2.45) is 0 Å². The smallest absolute Gasteiger partial charge is 0.331 e. The van der Waals surface area contributed by atoms with Gasteiger partial charge in [0.2, 0.25) is 5.24 Å². The van der Waals surface area contributed by atoms with Gasteiger partial charge in [-0.1, -0.05) is 12.7 Å². The first-order valence-corrected chi connectivity index (χ1v) is 3.20. The lowest BCUT2D eigenvalue weighted by molar-refractivity contribution is -0.136. The Hall–Kier alpha value is -1.09. The molecule has 0 aromatic rings. The molecule has 3 nitrogen and oxygen atoms in total. The van der Waals surface area contributed by atoms with E-state index in [0.29, 0.717) is 0 Å². The van der Waals surface area contributed by atoms with E-state index in [1.807, 2.05) is 0 Å². The fourth-order valence-electron chi connectivity index (χ4n) is 0.323. The van der Waals surface area contributed by atoms with Crippen LogP contribution in [0.25, 0.3) is 0 Å². The van der Waals surface area contributed by atoms with Gasteiger partial charge in [0.05, 0.1) is 0 Å². The lowest BCUT2D eigenvalue weighted by atomic mass is 10.5. The van der Waals surface area contributed by atoms with E-state index in [1.54, 1.807) is 0 Å². The van der Waals surface area contributed by atoms with Crippen molar-refractivity contribution >= 4 is 22.8 Å². The van der Waals surface area contributed by atoms with Crippen molar-refractivity contribution in [3.8, 4) is 0 Å². The first kappa shape index (κ1) is 9.91. The number of hydrogen-bond acceptors (Lipinski definition) is 3. The van der Waals surface area contributed by atoms with Crippen LogP contribution in [0.3, 0.4) is 0 Å². The molecule has 4 heteroatoms. The predicted molar refractivity (Wildman–Crippen MR) is 41.2 cm³/mol. The zero-order chi connectivity index (χ0) is 8.69. The summed E-state index contributed by atoms with van der Waals surface area (Å²) in [6.45, 7) is 3.46. The summed E-state index contributed by atoms with van der Waals surface area (Å²) in [6.07, 6.45) is 3.31. The van der Waals surface area contributed by atoms with E-state index in [9.17, 15) is 9.59 Å². The van der Waals surface area contributed by atoms with Crippen LogP contribution in [0.2, 0.25) is 0 Å². The lowest BCUT2D eigenvalue weighted by Crippen LogP contribution is -2.00. The van der Waals surface area contributed by atoms with Crippen molar-refractivity contribution in [1.29, 1.82) is 0 Å². The van der Waals surface area contributed by atoms with E-state index in [2.05, 4.69) is 11.3 Å². The maximum absolute atomic E-state index is 10.5. The third-order valence-electron chi connectivity index (χ3n) is 0.694. The van der Waals surface area contributed by atoms with Crippen LogP contribution in [0, 0.1) is 0 Å². The summed E-state index contributed by atoms with van der Waals surface area (Å²) in [4.78, 5) is 20.6. The number of esters is 1. The first-order valence-electron chi connectivity index (χ1n) is 2.82. The fraction of sp³-hybridized carbons (Fsp3) is 0.143. The van der Waals surface area contributed by atoms with E-state index in [0.717, 1.165) is 12.2 Å². The highest BCUT2D eigenvalue weighted by molar-refractivity contribution is 6.66. The minimum absolute atomic E-state index is 0.125. The Labute approximate surface area is 69.3 Å². The number of halogens is 1. The van der Waals surface area contributed by atoms with Crippen molar-refractivity contribution in [3.63, 3.8) is 0 Å². The summed E-state index contributed by atoms with van der Waals surface area (Å²) in [5.74, 6) is -0.612. The normalized spacial score (nSPS) is 9.55. The lowest BCUT2D eigenvalue weighted by Gasteiger charge is -1.93. The van der Waals surface area contributed by atoms with Crippen LogP contribution in [0.4, 0.5) is 0 Å². The summed E-state index contributed by atoms with van der Waals surface area (Å²) in [7, 11) is 0. The van der Waals surface area contributed by atoms with Gasteiger partial charge in [-0.2, -0.15) is 0 Å². The molecule has 0 spiro atoms. The molecule has 0 aromatic heterocycles. The molecule has 0 rings (SSSR count). The Bertz CT molecular complexity index is 196. The zero-order valence-electron chi connectivity index (χ0n) is 5.75. The molecular formula is C7H7ClO3. The van der Waals surface area contributed by atoms with Gasteiger partial charge in [-0.05, 0) is 11.6 Å². The number of hydrogen-bond donors (Lipinski definition) is 0. The molecule has 0 amide bonds. The number of ether oxygens (including phenoxy) is 1. The molecule has 0 unspecified atom stereocenters. The van der Waals surface area contributed by atoms with Gasteiger partial charge in [-0.25, -0.2) is 4.79 Å². The summed E-state index contributed by atoms with van der Waals surface area (Å²) < 4.78 is 4.49. The average Bonchev–Trinajstić information content (AvgIpc) is 1.97. The van der Waals surface area contributed by atoms with Gasteiger partial charge in [0, 0.05) is 12.2 Å². The number of allylic oxidation sites excluding steroid dienone is 1. The second-order valence-corrected chi connectivity index (χ2v) is 1.93. The number of carbonyl (C=O) groups is 2. The van der Waals surface area contributed by atoms with Gasteiger partial charge in [0.1, 0.15) is 6.61 Å². The van der Waals surface area contributed by atoms with Crippen molar-refractivity contribution in [2.75, 3.05) is 6.61 Å². The largest absolute Gasteiger partial charge is 0.458 e. The first-order chi connectivity index (χ1) is 5.16.